The molecule has 27 heavy (non-hydrogen) atoms. The zero-order valence-corrected chi connectivity index (χ0v) is 15.0. The van der Waals surface area contributed by atoms with E-state index in [0.29, 0.717) is 0 Å². The maximum Gasteiger partial charge on any atom is 0.115 e. The summed E-state index contributed by atoms with van der Waals surface area (Å²) >= 11 is 0. The quantitative estimate of drug-likeness (QED) is 0.718. The summed E-state index contributed by atoms with van der Waals surface area (Å²) < 4.78 is 1.90. The predicted octanol–water partition coefficient (Wildman–Crippen LogP) is 2.71. The highest BCUT2D eigenvalue weighted by Gasteiger charge is 2.29. The average Bonchev–Trinajstić information content (AvgIpc) is 3.46. The number of phenols is 1. The van der Waals surface area contributed by atoms with Crippen molar-refractivity contribution in [2.45, 2.75) is 18.9 Å². The Morgan fingerprint density at radius 1 is 1.00 bits per heavy atom. The van der Waals surface area contributed by atoms with Gasteiger partial charge in [-0.3, -0.25) is 0 Å². The molecule has 3 heterocycles. The van der Waals surface area contributed by atoms with Gasteiger partial charge in [0.2, 0.25) is 0 Å². The van der Waals surface area contributed by atoms with E-state index < -0.39 is 0 Å². The molecule has 1 saturated carbocycles. The largest absolute Gasteiger partial charge is 0.771 e. The molecule has 0 spiro atoms. The molecule has 1 aromatic carbocycles. The van der Waals surface area contributed by atoms with Crippen LogP contribution in [0.2, 0.25) is 0 Å². The van der Waals surface area contributed by atoms with Crippen LogP contribution in [-0.4, -0.2) is 57.1 Å². The summed E-state index contributed by atoms with van der Waals surface area (Å²) in [6, 6.07) is 11.6. The number of benzene rings is 1. The minimum atomic E-state index is 0.211. The summed E-state index contributed by atoms with van der Waals surface area (Å²) in [6.07, 6.45) is 5.88. The zero-order chi connectivity index (χ0) is 18.4. The van der Waals surface area contributed by atoms with E-state index in [2.05, 4.69) is 16.1 Å². The van der Waals surface area contributed by atoms with Crippen molar-refractivity contribution in [1.82, 2.24) is 19.8 Å². The van der Waals surface area contributed by atoms with Crippen LogP contribution >= 0.6 is 0 Å². The van der Waals surface area contributed by atoms with Crippen molar-refractivity contribution in [3.63, 3.8) is 0 Å². The third kappa shape index (κ3) is 3.14. The topological polar surface area (TPSA) is 70.3 Å². The molecule has 7 heteroatoms. The number of aromatic nitrogens is 2. The lowest BCUT2D eigenvalue weighted by Gasteiger charge is -2.45. The maximum atomic E-state index is 12.2. The normalized spacial score (nSPS) is 18.5. The van der Waals surface area contributed by atoms with E-state index in [9.17, 15) is 10.3 Å². The Balaban J connectivity index is 1.39. The highest BCUT2D eigenvalue weighted by atomic mass is 16.6. The molecule has 0 amide bonds. The summed E-state index contributed by atoms with van der Waals surface area (Å²) in [5.74, 6) is 0.262. The second-order valence-electron chi connectivity index (χ2n) is 7.30. The van der Waals surface area contributed by atoms with Gasteiger partial charge >= 0.3 is 0 Å². The lowest BCUT2D eigenvalue weighted by molar-refractivity contribution is 0.00902. The monoisotopic (exact) mass is 364 g/mol. The Kier molecular flexibility index (Phi) is 4.00. The van der Waals surface area contributed by atoms with Gasteiger partial charge in [-0.15, -0.1) is 0 Å². The first-order chi connectivity index (χ1) is 13.2. The Labute approximate surface area is 157 Å². The molecule has 140 valence electrons. The van der Waals surface area contributed by atoms with E-state index in [1.54, 1.807) is 12.1 Å². The van der Waals surface area contributed by atoms with E-state index in [1.165, 1.54) is 5.17 Å². The van der Waals surface area contributed by atoms with Gasteiger partial charge in [0.1, 0.15) is 5.75 Å². The third-order valence-electron chi connectivity index (χ3n) is 5.42. The van der Waals surface area contributed by atoms with Crippen LogP contribution in [-0.2, 0) is 0 Å². The maximum absolute atomic E-state index is 12.2. The molecule has 0 unspecified atom stereocenters. The molecule has 0 atom stereocenters. The van der Waals surface area contributed by atoms with E-state index in [0.717, 1.165) is 61.4 Å². The summed E-state index contributed by atoms with van der Waals surface area (Å²) in [7, 11) is 0. The SMILES string of the molecule is [O-]N(C1CC1)N1CCN(c2ccnn3cc(-c4ccc(O)cc4)cc23)CC1. The predicted molar refractivity (Wildman–Crippen MR) is 104 cm³/mol. The lowest BCUT2D eigenvalue weighted by Crippen LogP contribution is -2.52. The zero-order valence-electron chi connectivity index (χ0n) is 15.0. The van der Waals surface area contributed by atoms with E-state index >= 15 is 0 Å². The lowest BCUT2D eigenvalue weighted by atomic mass is 10.1. The third-order valence-corrected chi connectivity index (χ3v) is 5.42. The number of nitrogens with zero attached hydrogens (tertiary/aromatic N) is 5. The summed E-state index contributed by atoms with van der Waals surface area (Å²) in [5.41, 5.74) is 4.29. The van der Waals surface area contributed by atoms with Crippen LogP contribution in [0, 0.1) is 5.21 Å². The van der Waals surface area contributed by atoms with Crippen molar-refractivity contribution < 1.29 is 5.11 Å². The van der Waals surface area contributed by atoms with Crippen LogP contribution in [0.25, 0.3) is 16.6 Å². The smallest absolute Gasteiger partial charge is 0.115 e. The number of fused-ring (bicyclic) bond motifs is 1. The Morgan fingerprint density at radius 3 is 2.44 bits per heavy atom. The minimum absolute atomic E-state index is 0.211. The van der Waals surface area contributed by atoms with Crippen LogP contribution in [0.1, 0.15) is 12.8 Å². The van der Waals surface area contributed by atoms with Gasteiger partial charge in [0.25, 0.3) is 0 Å². The molecule has 2 aromatic heterocycles. The molecule has 2 fully saturated rings. The van der Waals surface area contributed by atoms with Gasteiger partial charge in [-0.2, -0.15) is 5.10 Å². The number of hydroxylamine groups is 1. The van der Waals surface area contributed by atoms with Gasteiger partial charge in [0, 0.05) is 50.2 Å². The first-order valence-electron chi connectivity index (χ1n) is 9.42. The van der Waals surface area contributed by atoms with Gasteiger partial charge in [-0.05, 0) is 42.7 Å². The fourth-order valence-electron chi connectivity index (χ4n) is 3.74. The van der Waals surface area contributed by atoms with Crippen LogP contribution in [0.15, 0.2) is 48.8 Å². The molecular weight excluding hydrogens is 342 g/mol. The number of rotatable bonds is 4. The van der Waals surface area contributed by atoms with E-state index in [1.807, 2.05) is 40.1 Å². The van der Waals surface area contributed by atoms with E-state index in [-0.39, 0.29) is 11.8 Å². The summed E-state index contributed by atoms with van der Waals surface area (Å²) in [5, 5.41) is 29.3. The summed E-state index contributed by atoms with van der Waals surface area (Å²) in [6.45, 7) is 3.15. The highest BCUT2D eigenvalue weighted by molar-refractivity contribution is 5.80. The van der Waals surface area contributed by atoms with Gasteiger partial charge < -0.3 is 20.4 Å². The van der Waals surface area contributed by atoms with Crippen molar-refractivity contribution in [3.05, 3.63) is 54.0 Å². The number of piperazine rings is 1. The molecule has 5 rings (SSSR count). The van der Waals surface area contributed by atoms with Crippen molar-refractivity contribution >= 4 is 11.2 Å². The Hall–Kier alpha value is -2.61. The molecule has 1 N–H and O–H groups in total. The molecule has 0 bridgehead atoms. The van der Waals surface area contributed by atoms with Crippen LogP contribution in [0.3, 0.4) is 0 Å². The van der Waals surface area contributed by atoms with Gasteiger partial charge in [-0.25, -0.2) is 9.52 Å². The molecule has 2 aliphatic rings. The molecule has 1 aliphatic carbocycles. The first kappa shape index (κ1) is 16.6. The van der Waals surface area contributed by atoms with Crippen LogP contribution in [0.5, 0.6) is 5.75 Å². The highest BCUT2D eigenvalue weighted by Crippen LogP contribution is 2.31. The molecule has 1 saturated heterocycles. The number of hydrogen-bond acceptors (Lipinski definition) is 6. The molecule has 7 nitrogen and oxygen atoms in total. The van der Waals surface area contributed by atoms with E-state index in [4.69, 9.17) is 0 Å². The van der Waals surface area contributed by atoms with Crippen LogP contribution < -0.4 is 4.90 Å². The minimum Gasteiger partial charge on any atom is -0.771 e. The average molecular weight is 364 g/mol. The van der Waals surface area contributed by atoms with Crippen molar-refractivity contribution in [3.8, 4) is 16.9 Å². The van der Waals surface area contributed by atoms with Crippen molar-refractivity contribution in [1.29, 1.82) is 0 Å². The number of hydrazine groups is 1. The fraction of sp³-hybridized carbons (Fsp3) is 0.350. The molecular formula is C20H22N5O2-. The summed E-state index contributed by atoms with van der Waals surface area (Å²) in [4.78, 5) is 2.33. The van der Waals surface area contributed by atoms with Crippen LogP contribution in [0.4, 0.5) is 5.69 Å². The standard InChI is InChI=1S/C20H22N5O2/c26-18-5-1-15(2-6-18)16-13-20-19(7-8-21-24(20)14-16)22-9-11-23(12-10-22)25(27)17-3-4-17/h1-2,5-8,13-14,17,26H,3-4,9-12H2/q-1. The van der Waals surface area contributed by atoms with Gasteiger partial charge in [-0.1, -0.05) is 12.1 Å². The second-order valence-corrected chi connectivity index (χ2v) is 7.30. The first-order valence-corrected chi connectivity index (χ1v) is 9.42. The second kappa shape index (κ2) is 6.53. The molecule has 1 aliphatic heterocycles. The Bertz CT molecular complexity index is 943. The van der Waals surface area contributed by atoms with Gasteiger partial charge in [0.05, 0.1) is 11.2 Å². The number of phenolic OH excluding ortho intramolecular Hbond substituents is 1. The molecule has 0 radical (unpaired) electrons. The molecule has 3 aromatic rings. The number of hydrogen-bond donors (Lipinski definition) is 1. The van der Waals surface area contributed by atoms with Crippen molar-refractivity contribution in [2.24, 2.45) is 0 Å². The Morgan fingerprint density at radius 2 is 1.74 bits per heavy atom. The number of anilines is 1. The van der Waals surface area contributed by atoms with Gasteiger partial charge in [0.15, 0.2) is 0 Å². The number of aromatic hydroxyl groups is 1. The van der Waals surface area contributed by atoms with Crippen molar-refractivity contribution in [2.75, 3.05) is 31.1 Å². The fourth-order valence-corrected chi connectivity index (χ4v) is 3.74.